The van der Waals surface area contributed by atoms with Crippen LogP contribution >= 0.6 is 11.3 Å². The molecule has 1 aliphatic heterocycles. The zero-order valence-corrected chi connectivity index (χ0v) is 11.4. The van der Waals surface area contributed by atoms with Gasteiger partial charge in [-0.1, -0.05) is 0 Å². The van der Waals surface area contributed by atoms with Gasteiger partial charge in [0.25, 0.3) is 0 Å². The molecule has 4 nitrogen and oxygen atoms in total. The summed E-state index contributed by atoms with van der Waals surface area (Å²) in [6.45, 7) is 1.77. The number of fused-ring (bicyclic) bond motifs is 1. The van der Waals surface area contributed by atoms with Crippen LogP contribution in [0.15, 0.2) is 23.7 Å². The quantitative estimate of drug-likeness (QED) is 0.936. The van der Waals surface area contributed by atoms with E-state index in [2.05, 4.69) is 21.3 Å². The van der Waals surface area contributed by atoms with Crippen molar-refractivity contribution in [2.24, 2.45) is 5.92 Å². The van der Waals surface area contributed by atoms with E-state index in [4.69, 9.17) is 5.11 Å². The van der Waals surface area contributed by atoms with Crippen molar-refractivity contribution >= 4 is 33.2 Å². The lowest BCUT2D eigenvalue weighted by Gasteiger charge is -2.33. The maximum Gasteiger partial charge on any atom is 0.303 e. The van der Waals surface area contributed by atoms with Crippen molar-refractivity contribution in [1.82, 2.24) is 4.98 Å². The van der Waals surface area contributed by atoms with Crippen LogP contribution in [0.5, 0.6) is 0 Å². The monoisotopic (exact) mass is 276 g/mol. The van der Waals surface area contributed by atoms with E-state index in [1.807, 2.05) is 12.3 Å². The molecule has 2 aromatic heterocycles. The first-order valence-corrected chi connectivity index (χ1v) is 7.41. The van der Waals surface area contributed by atoms with Crippen LogP contribution in [0.2, 0.25) is 0 Å². The van der Waals surface area contributed by atoms with Crippen molar-refractivity contribution in [3.63, 3.8) is 0 Å². The van der Waals surface area contributed by atoms with Gasteiger partial charge < -0.3 is 10.0 Å². The van der Waals surface area contributed by atoms with Crippen LogP contribution in [0.4, 0.5) is 5.82 Å². The van der Waals surface area contributed by atoms with Crippen LogP contribution in [0.3, 0.4) is 0 Å². The maximum atomic E-state index is 10.8. The van der Waals surface area contributed by atoms with Gasteiger partial charge in [0.1, 0.15) is 5.82 Å². The van der Waals surface area contributed by atoms with Crippen LogP contribution in [0.1, 0.15) is 19.3 Å². The zero-order valence-electron chi connectivity index (χ0n) is 10.6. The lowest BCUT2D eigenvalue weighted by molar-refractivity contribution is -0.138. The minimum atomic E-state index is -0.700. The van der Waals surface area contributed by atoms with E-state index >= 15 is 0 Å². The molecule has 0 aliphatic carbocycles. The summed E-state index contributed by atoms with van der Waals surface area (Å²) >= 11 is 1.72. The first-order chi connectivity index (χ1) is 9.24. The molecule has 5 heteroatoms. The fraction of sp³-hybridized carbons (Fsp3) is 0.429. The number of carbonyl (C=O) groups is 1. The number of carboxylic acid groups (broad SMARTS) is 1. The molecule has 3 heterocycles. The number of carboxylic acids is 1. The number of aliphatic carboxylic acids is 1. The molecule has 1 N–H and O–H groups in total. The standard InChI is InChI=1S/C14H16N2O2S/c17-13(18)8-10-2-1-6-16(9-10)14-11-4-7-19-12(11)3-5-15-14/h3-5,7,10H,1-2,6,8-9H2,(H,17,18). The molecule has 2 aromatic rings. The molecule has 1 fully saturated rings. The molecular weight excluding hydrogens is 260 g/mol. The predicted molar refractivity (Wildman–Crippen MR) is 76.8 cm³/mol. The van der Waals surface area contributed by atoms with Gasteiger partial charge in [0.05, 0.1) is 0 Å². The van der Waals surface area contributed by atoms with Crippen LogP contribution in [0, 0.1) is 5.92 Å². The second-order valence-corrected chi connectivity index (χ2v) is 5.97. The number of thiophene rings is 1. The number of pyridine rings is 1. The van der Waals surface area contributed by atoms with Gasteiger partial charge >= 0.3 is 5.97 Å². The number of hydrogen-bond acceptors (Lipinski definition) is 4. The van der Waals surface area contributed by atoms with E-state index in [0.717, 1.165) is 31.7 Å². The average molecular weight is 276 g/mol. The first-order valence-electron chi connectivity index (χ1n) is 6.53. The Bertz CT molecular complexity index is 596. The van der Waals surface area contributed by atoms with Gasteiger partial charge in [-0.3, -0.25) is 4.79 Å². The van der Waals surface area contributed by atoms with Crippen molar-refractivity contribution in [2.45, 2.75) is 19.3 Å². The molecule has 1 saturated heterocycles. The van der Waals surface area contributed by atoms with Crippen molar-refractivity contribution < 1.29 is 9.90 Å². The van der Waals surface area contributed by atoms with Gasteiger partial charge in [0.2, 0.25) is 0 Å². The molecule has 19 heavy (non-hydrogen) atoms. The normalized spacial score (nSPS) is 19.8. The number of aromatic nitrogens is 1. The van der Waals surface area contributed by atoms with Gasteiger partial charge in [-0.25, -0.2) is 4.98 Å². The molecule has 0 bridgehead atoms. The second kappa shape index (κ2) is 5.17. The van der Waals surface area contributed by atoms with Gasteiger partial charge in [-0.15, -0.1) is 11.3 Å². The number of hydrogen-bond donors (Lipinski definition) is 1. The highest BCUT2D eigenvalue weighted by Gasteiger charge is 2.24. The second-order valence-electron chi connectivity index (χ2n) is 5.02. The first kappa shape index (κ1) is 12.4. The minimum absolute atomic E-state index is 0.238. The van der Waals surface area contributed by atoms with E-state index in [9.17, 15) is 4.79 Å². The van der Waals surface area contributed by atoms with Crippen LogP contribution in [0.25, 0.3) is 10.1 Å². The minimum Gasteiger partial charge on any atom is -0.481 e. The Balaban J connectivity index is 1.85. The van der Waals surface area contributed by atoms with Crippen molar-refractivity contribution in [3.05, 3.63) is 23.7 Å². The molecule has 1 unspecified atom stereocenters. The molecular formula is C14H16N2O2S. The third kappa shape index (κ3) is 2.56. The fourth-order valence-electron chi connectivity index (χ4n) is 2.80. The summed E-state index contributed by atoms with van der Waals surface area (Å²) in [5.41, 5.74) is 0. The Kier molecular flexibility index (Phi) is 3.38. The van der Waals surface area contributed by atoms with E-state index in [0.29, 0.717) is 0 Å². The van der Waals surface area contributed by atoms with Gasteiger partial charge in [-0.05, 0) is 36.3 Å². The SMILES string of the molecule is O=C(O)CC1CCCN(c2nccc3sccc23)C1. The molecule has 0 amide bonds. The molecule has 0 aromatic carbocycles. The van der Waals surface area contributed by atoms with Gasteiger partial charge in [0.15, 0.2) is 0 Å². The number of nitrogens with zero attached hydrogens (tertiary/aromatic N) is 2. The highest BCUT2D eigenvalue weighted by Crippen LogP contribution is 2.31. The zero-order chi connectivity index (χ0) is 13.2. The smallest absolute Gasteiger partial charge is 0.303 e. The molecule has 0 radical (unpaired) electrons. The Hall–Kier alpha value is -1.62. The predicted octanol–water partition coefficient (Wildman–Crippen LogP) is 2.99. The third-order valence-corrected chi connectivity index (χ3v) is 4.52. The summed E-state index contributed by atoms with van der Waals surface area (Å²) in [5, 5.41) is 12.2. The molecule has 0 spiro atoms. The van der Waals surface area contributed by atoms with E-state index in [1.165, 1.54) is 10.1 Å². The summed E-state index contributed by atoms with van der Waals surface area (Å²) in [4.78, 5) is 17.6. The molecule has 100 valence electrons. The molecule has 3 rings (SSSR count). The Morgan fingerprint density at radius 1 is 1.53 bits per heavy atom. The summed E-state index contributed by atoms with van der Waals surface area (Å²) in [5.74, 6) is 0.546. The van der Waals surface area contributed by atoms with Crippen molar-refractivity contribution in [2.75, 3.05) is 18.0 Å². The van der Waals surface area contributed by atoms with Gasteiger partial charge in [-0.2, -0.15) is 0 Å². The van der Waals surface area contributed by atoms with Crippen LogP contribution in [-0.4, -0.2) is 29.1 Å². The number of piperidine rings is 1. The summed E-state index contributed by atoms with van der Waals surface area (Å²) in [6.07, 6.45) is 4.15. The number of anilines is 1. The topological polar surface area (TPSA) is 53.4 Å². The summed E-state index contributed by atoms with van der Waals surface area (Å²) < 4.78 is 1.24. The van der Waals surface area contributed by atoms with Crippen LogP contribution in [-0.2, 0) is 4.79 Å². The largest absolute Gasteiger partial charge is 0.481 e. The van der Waals surface area contributed by atoms with Crippen molar-refractivity contribution in [3.8, 4) is 0 Å². The molecule has 1 atom stereocenters. The fourth-order valence-corrected chi connectivity index (χ4v) is 3.58. The third-order valence-electron chi connectivity index (χ3n) is 3.64. The lowest BCUT2D eigenvalue weighted by Crippen LogP contribution is -2.36. The van der Waals surface area contributed by atoms with Crippen LogP contribution < -0.4 is 4.90 Å². The van der Waals surface area contributed by atoms with E-state index in [-0.39, 0.29) is 12.3 Å². The summed E-state index contributed by atoms with van der Waals surface area (Å²) in [7, 11) is 0. The lowest BCUT2D eigenvalue weighted by atomic mass is 9.95. The molecule has 1 aliphatic rings. The van der Waals surface area contributed by atoms with Gasteiger partial charge in [0, 0.05) is 35.8 Å². The maximum absolute atomic E-state index is 10.8. The Morgan fingerprint density at radius 2 is 2.42 bits per heavy atom. The average Bonchev–Trinajstić information content (AvgIpc) is 2.86. The summed E-state index contributed by atoms with van der Waals surface area (Å²) in [6, 6.07) is 4.13. The highest BCUT2D eigenvalue weighted by molar-refractivity contribution is 7.17. The van der Waals surface area contributed by atoms with Crippen molar-refractivity contribution in [1.29, 1.82) is 0 Å². The number of rotatable bonds is 3. The Morgan fingerprint density at radius 3 is 3.26 bits per heavy atom. The van der Waals surface area contributed by atoms with E-state index < -0.39 is 5.97 Å². The highest BCUT2D eigenvalue weighted by atomic mass is 32.1. The molecule has 0 saturated carbocycles. The Labute approximate surface area is 115 Å². The van der Waals surface area contributed by atoms with E-state index in [1.54, 1.807) is 11.3 Å².